The first kappa shape index (κ1) is 13.8. The molecule has 1 aromatic heterocycles. The standard InChI is InChI=1S/C14H14N4.HI/c1-17-14(13-9-5-6-10-15-13)11-18(16-17)12-7-3-2-4-8-12;/h2-11,16H,1H3;1H/p-1. The molecule has 0 unspecified atom stereocenters. The Balaban J connectivity index is 0.00000133. The van der Waals surface area contributed by atoms with Crippen LogP contribution in [0.15, 0.2) is 60.9 Å². The molecule has 98 valence electrons. The largest absolute Gasteiger partial charge is 1.00 e. The molecule has 1 aliphatic heterocycles. The molecule has 0 spiro atoms. The molecule has 1 aromatic carbocycles. The van der Waals surface area contributed by atoms with Crippen molar-refractivity contribution in [1.82, 2.24) is 15.5 Å². The van der Waals surface area contributed by atoms with Crippen LogP contribution in [0, 0.1) is 0 Å². The lowest BCUT2D eigenvalue weighted by molar-refractivity contribution is -0.00000367. The lowest BCUT2D eigenvalue weighted by Gasteiger charge is -2.20. The zero-order valence-electron chi connectivity index (χ0n) is 10.5. The van der Waals surface area contributed by atoms with Gasteiger partial charge in [-0.3, -0.25) is 15.0 Å². The topological polar surface area (TPSA) is 31.4 Å². The number of anilines is 1. The van der Waals surface area contributed by atoms with Crippen molar-refractivity contribution in [1.29, 1.82) is 0 Å². The van der Waals surface area contributed by atoms with Crippen LogP contribution in [-0.4, -0.2) is 17.0 Å². The summed E-state index contributed by atoms with van der Waals surface area (Å²) in [5, 5.41) is 3.93. The first-order valence-corrected chi connectivity index (χ1v) is 5.82. The van der Waals surface area contributed by atoms with Gasteiger partial charge in [-0.2, -0.15) is 0 Å². The van der Waals surface area contributed by atoms with Gasteiger partial charge < -0.3 is 24.0 Å². The van der Waals surface area contributed by atoms with E-state index in [4.69, 9.17) is 0 Å². The molecule has 2 heterocycles. The van der Waals surface area contributed by atoms with Gasteiger partial charge in [0.1, 0.15) is 0 Å². The van der Waals surface area contributed by atoms with Crippen LogP contribution in [0.1, 0.15) is 5.69 Å². The summed E-state index contributed by atoms with van der Waals surface area (Å²) in [6.45, 7) is 0. The zero-order valence-corrected chi connectivity index (χ0v) is 12.7. The van der Waals surface area contributed by atoms with Gasteiger partial charge in [-0.15, -0.1) is 5.53 Å². The minimum Gasteiger partial charge on any atom is -1.00 e. The van der Waals surface area contributed by atoms with E-state index in [1.54, 1.807) is 6.20 Å². The number of benzene rings is 1. The van der Waals surface area contributed by atoms with Crippen molar-refractivity contribution in [2.75, 3.05) is 12.1 Å². The molecule has 3 rings (SSSR count). The third-order valence-corrected chi connectivity index (χ3v) is 2.83. The normalized spacial score (nSPS) is 14.1. The summed E-state index contributed by atoms with van der Waals surface area (Å²) in [4.78, 5) is 4.36. The SMILES string of the molecule is CN1NN(c2ccccc2)C=C1c1ccccn1.[I-]. The van der Waals surface area contributed by atoms with Crippen LogP contribution >= 0.6 is 0 Å². The minimum absolute atomic E-state index is 0. The van der Waals surface area contributed by atoms with Crippen molar-refractivity contribution >= 4 is 11.4 Å². The Hall–Kier alpha value is -1.60. The molecule has 19 heavy (non-hydrogen) atoms. The van der Waals surface area contributed by atoms with E-state index in [1.807, 2.05) is 59.7 Å². The number of pyridine rings is 1. The van der Waals surface area contributed by atoms with Crippen LogP contribution < -0.4 is 34.5 Å². The number of nitrogens with one attached hydrogen (secondary N) is 1. The molecule has 1 aliphatic rings. The Bertz CT molecular complexity index is 556. The van der Waals surface area contributed by atoms with E-state index < -0.39 is 0 Å². The molecule has 4 nitrogen and oxygen atoms in total. The summed E-state index contributed by atoms with van der Waals surface area (Å²) < 4.78 is 0. The molecule has 0 fully saturated rings. The van der Waals surface area contributed by atoms with E-state index in [2.05, 4.69) is 22.7 Å². The molecule has 0 saturated heterocycles. The van der Waals surface area contributed by atoms with Gasteiger partial charge in [0, 0.05) is 13.2 Å². The fourth-order valence-corrected chi connectivity index (χ4v) is 1.93. The molecule has 5 heteroatoms. The van der Waals surface area contributed by atoms with E-state index in [0.29, 0.717) is 0 Å². The molecule has 0 bridgehead atoms. The van der Waals surface area contributed by atoms with Crippen LogP contribution in [0.4, 0.5) is 5.69 Å². The molecule has 0 aliphatic carbocycles. The lowest BCUT2D eigenvalue weighted by atomic mass is 10.3. The van der Waals surface area contributed by atoms with Crippen molar-refractivity contribution in [3.8, 4) is 0 Å². The minimum atomic E-state index is 0. The number of hydrogen-bond donors (Lipinski definition) is 1. The van der Waals surface area contributed by atoms with E-state index in [0.717, 1.165) is 17.1 Å². The average Bonchev–Trinajstić information content (AvgIpc) is 2.83. The first-order valence-electron chi connectivity index (χ1n) is 5.82. The number of halogens is 1. The van der Waals surface area contributed by atoms with E-state index in [-0.39, 0.29) is 24.0 Å². The second kappa shape index (κ2) is 6.03. The van der Waals surface area contributed by atoms with E-state index in [9.17, 15) is 0 Å². The number of aromatic nitrogens is 1. The molecular weight excluding hydrogens is 351 g/mol. The fourth-order valence-electron chi connectivity index (χ4n) is 1.93. The Kier molecular flexibility index (Phi) is 4.39. The molecule has 0 atom stereocenters. The molecule has 0 radical (unpaired) electrons. The predicted molar refractivity (Wildman–Crippen MR) is 72.0 cm³/mol. The Labute approximate surface area is 129 Å². The highest BCUT2D eigenvalue weighted by atomic mass is 127. The maximum Gasteiger partial charge on any atom is 0.0969 e. The number of rotatable bonds is 2. The van der Waals surface area contributed by atoms with Crippen molar-refractivity contribution in [2.45, 2.75) is 0 Å². The molecule has 0 amide bonds. The summed E-state index contributed by atoms with van der Waals surface area (Å²) in [5.41, 5.74) is 6.34. The third kappa shape index (κ3) is 2.87. The van der Waals surface area contributed by atoms with Crippen LogP contribution in [0.25, 0.3) is 5.70 Å². The van der Waals surface area contributed by atoms with Crippen molar-refractivity contribution < 1.29 is 24.0 Å². The highest BCUT2D eigenvalue weighted by Gasteiger charge is 2.19. The predicted octanol–water partition coefficient (Wildman–Crippen LogP) is -0.744. The van der Waals surface area contributed by atoms with Gasteiger partial charge in [-0.25, -0.2) is 0 Å². The second-order valence-corrected chi connectivity index (χ2v) is 4.09. The van der Waals surface area contributed by atoms with E-state index in [1.165, 1.54) is 0 Å². The van der Waals surface area contributed by atoms with Crippen molar-refractivity contribution in [2.24, 2.45) is 0 Å². The summed E-state index contributed by atoms with van der Waals surface area (Å²) in [6, 6.07) is 16.1. The number of hydrazine groups is 2. The Morgan fingerprint density at radius 2 is 1.74 bits per heavy atom. The zero-order chi connectivity index (χ0) is 12.4. The third-order valence-electron chi connectivity index (χ3n) is 2.83. The maximum atomic E-state index is 4.36. The van der Waals surface area contributed by atoms with Gasteiger partial charge in [0.2, 0.25) is 0 Å². The molecule has 0 saturated carbocycles. The van der Waals surface area contributed by atoms with Gasteiger partial charge in [0.05, 0.1) is 23.3 Å². The highest BCUT2D eigenvalue weighted by molar-refractivity contribution is 5.67. The van der Waals surface area contributed by atoms with Gasteiger partial charge in [-0.1, -0.05) is 24.3 Å². The van der Waals surface area contributed by atoms with Crippen molar-refractivity contribution in [3.05, 3.63) is 66.6 Å². The summed E-state index contributed by atoms with van der Waals surface area (Å²) in [6.07, 6.45) is 3.84. The summed E-state index contributed by atoms with van der Waals surface area (Å²) >= 11 is 0. The Morgan fingerprint density at radius 1 is 1.00 bits per heavy atom. The monoisotopic (exact) mass is 365 g/mol. The molecule has 1 N–H and O–H groups in total. The van der Waals surface area contributed by atoms with Gasteiger partial charge in [0.15, 0.2) is 0 Å². The lowest BCUT2D eigenvalue weighted by Crippen LogP contribution is -3.00. The van der Waals surface area contributed by atoms with Crippen LogP contribution in [0.3, 0.4) is 0 Å². The quantitative estimate of drug-likeness (QED) is 0.711. The molecular formula is C14H14IN4-. The molecule has 2 aromatic rings. The number of para-hydroxylation sites is 1. The summed E-state index contributed by atoms with van der Waals surface area (Å²) in [7, 11) is 1.98. The average molecular weight is 365 g/mol. The van der Waals surface area contributed by atoms with Crippen LogP contribution in [0.5, 0.6) is 0 Å². The fraction of sp³-hybridized carbons (Fsp3) is 0.0714. The van der Waals surface area contributed by atoms with Gasteiger partial charge >= 0.3 is 0 Å². The number of nitrogens with zero attached hydrogens (tertiary/aromatic N) is 3. The second-order valence-electron chi connectivity index (χ2n) is 4.09. The van der Waals surface area contributed by atoms with Crippen molar-refractivity contribution in [3.63, 3.8) is 0 Å². The van der Waals surface area contributed by atoms with E-state index >= 15 is 0 Å². The Morgan fingerprint density at radius 3 is 2.42 bits per heavy atom. The van der Waals surface area contributed by atoms with Gasteiger partial charge in [0.25, 0.3) is 0 Å². The number of hydrogen-bond acceptors (Lipinski definition) is 4. The van der Waals surface area contributed by atoms with Crippen LogP contribution in [0.2, 0.25) is 0 Å². The van der Waals surface area contributed by atoms with Crippen LogP contribution in [-0.2, 0) is 0 Å². The first-order chi connectivity index (χ1) is 8.84. The van der Waals surface area contributed by atoms with Gasteiger partial charge in [-0.05, 0) is 24.3 Å². The summed E-state index contributed by atoms with van der Waals surface area (Å²) in [5.74, 6) is 0. The smallest absolute Gasteiger partial charge is 0.0969 e. The highest BCUT2D eigenvalue weighted by Crippen LogP contribution is 2.23. The maximum absolute atomic E-state index is 4.36.